The highest BCUT2D eigenvalue weighted by Crippen LogP contribution is 2.57. The molecule has 0 spiro atoms. The summed E-state index contributed by atoms with van der Waals surface area (Å²) in [5, 5.41) is 4.53. The van der Waals surface area contributed by atoms with Gasteiger partial charge in [-0.1, -0.05) is 194 Å². The van der Waals surface area contributed by atoms with Crippen LogP contribution in [0.2, 0.25) is 0 Å². The number of benzene rings is 11. The lowest BCUT2D eigenvalue weighted by Gasteiger charge is -2.34. The van der Waals surface area contributed by atoms with Crippen LogP contribution in [0.25, 0.3) is 88.4 Å². The van der Waals surface area contributed by atoms with Gasteiger partial charge in [-0.05, 0) is 133 Å². The Morgan fingerprint density at radius 2 is 0.743 bits per heavy atom. The van der Waals surface area contributed by atoms with Gasteiger partial charge in [-0.2, -0.15) is 0 Å². The summed E-state index contributed by atoms with van der Waals surface area (Å²) in [5.74, 6) is 0. The SMILES string of the molecule is c1ccc(C2(c3ccccc3)c3ccccc3-c3cc(N(c4ccc(-c5ccc(-c6ccc7oc8ccccc8c7c6)cc5)cc4)c4ccc(-c5cccc6oc7ccccc7c56)cc4)ccc32)cc1. The summed E-state index contributed by atoms with van der Waals surface area (Å²) in [4.78, 5) is 2.40. The Balaban J connectivity index is 0.879. The van der Waals surface area contributed by atoms with Gasteiger partial charge in [0, 0.05) is 38.6 Å². The van der Waals surface area contributed by atoms with E-state index >= 15 is 0 Å². The minimum absolute atomic E-state index is 0.477. The second kappa shape index (κ2) is 16.0. The standard InChI is InChI=1S/C67H43NO2/c1-3-14-49(15-4-1)67(50-16-5-2-6-17-50)60-22-10-7-18-55(60)58-43-53(39-40-61(58)67)68(52-37-32-47(33-38-52)54-21-13-25-65-66(54)57-20-9-12-24-63(57)70-65)51-35-30-45(31-36-51)44-26-28-46(29-27-44)48-34-41-64-59(42-48)56-19-8-11-23-62(56)69-64/h1-43H. The lowest BCUT2D eigenvalue weighted by molar-refractivity contribution is 0.668. The lowest BCUT2D eigenvalue weighted by Crippen LogP contribution is -2.28. The fraction of sp³-hybridized carbons (Fsp3) is 0.0149. The third-order valence-corrected chi connectivity index (χ3v) is 14.6. The van der Waals surface area contributed by atoms with Gasteiger partial charge in [0.05, 0.1) is 5.41 Å². The zero-order valence-corrected chi connectivity index (χ0v) is 38.1. The molecule has 2 heterocycles. The number of fused-ring (bicyclic) bond motifs is 9. The Morgan fingerprint density at radius 3 is 1.44 bits per heavy atom. The molecule has 0 unspecified atom stereocenters. The molecule has 14 rings (SSSR count). The van der Waals surface area contributed by atoms with Gasteiger partial charge in [-0.25, -0.2) is 0 Å². The minimum Gasteiger partial charge on any atom is -0.456 e. The molecule has 0 amide bonds. The summed E-state index contributed by atoms with van der Waals surface area (Å²) in [5.41, 5.74) is 20.9. The highest BCUT2D eigenvalue weighted by Gasteiger charge is 2.46. The van der Waals surface area contributed by atoms with E-state index in [1.807, 2.05) is 24.3 Å². The van der Waals surface area contributed by atoms with Crippen LogP contribution in [-0.2, 0) is 5.41 Å². The first-order valence-corrected chi connectivity index (χ1v) is 24.0. The number of para-hydroxylation sites is 2. The molecule has 0 atom stereocenters. The van der Waals surface area contributed by atoms with E-state index in [2.05, 4.69) is 241 Å². The van der Waals surface area contributed by atoms with Gasteiger partial charge < -0.3 is 13.7 Å². The zero-order chi connectivity index (χ0) is 46.2. The fourth-order valence-corrected chi connectivity index (χ4v) is 11.4. The third-order valence-electron chi connectivity index (χ3n) is 14.6. The maximum absolute atomic E-state index is 6.31. The summed E-state index contributed by atoms with van der Waals surface area (Å²) in [6.45, 7) is 0. The average Bonchev–Trinajstić information content (AvgIpc) is 4.10. The first-order valence-electron chi connectivity index (χ1n) is 24.0. The molecule has 1 aliphatic carbocycles. The summed E-state index contributed by atoms with van der Waals surface area (Å²) in [6, 6.07) is 94.4. The van der Waals surface area contributed by atoms with E-state index < -0.39 is 5.41 Å². The minimum atomic E-state index is -0.477. The van der Waals surface area contributed by atoms with Crippen LogP contribution in [0.4, 0.5) is 17.1 Å². The van der Waals surface area contributed by atoms with Gasteiger partial charge in [-0.3, -0.25) is 0 Å². The van der Waals surface area contributed by atoms with E-state index in [-0.39, 0.29) is 0 Å². The maximum Gasteiger partial charge on any atom is 0.136 e. The largest absolute Gasteiger partial charge is 0.456 e. The molecule has 3 nitrogen and oxygen atoms in total. The average molecular weight is 894 g/mol. The van der Waals surface area contributed by atoms with Crippen LogP contribution >= 0.6 is 0 Å². The van der Waals surface area contributed by atoms with E-state index in [1.165, 1.54) is 44.5 Å². The predicted octanol–water partition coefficient (Wildman–Crippen LogP) is 18.3. The van der Waals surface area contributed by atoms with E-state index in [0.29, 0.717) is 0 Å². The van der Waals surface area contributed by atoms with Crippen LogP contribution in [0, 0.1) is 0 Å². The van der Waals surface area contributed by atoms with E-state index in [4.69, 9.17) is 8.83 Å². The molecular weight excluding hydrogens is 851 g/mol. The first-order chi connectivity index (χ1) is 34.7. The number of hydrogen-bond donors (Lipinski definition) is 0. The van der Waals surface area contributed by atoms with Gasteiger partial charge in [0.25, 0.3) is 0 Å². The maximum atomic E-state index is 6.31. The van der Waals surface area contributed by atoms with Crippen molar-refractivity contribution in [1.82, 2.24) is 0 Å². The van der Waals surface area contributed by atoms with Crippen molar-refractivity contribution in [1.29, 1.82) is 0 Å². The first kappa shape index (κ1) is 39.9. The molecule has 0 bridgehead atoms. The summed E-state index contributed by atoms with van der Waals surface area (Å²) in [6.07, 6.45) is 0. The molecule has 0 fully saturated rings. The molecule has 0 saturated carbocycles. The van der Waals surface area contributed by atoms with Gasteiger partial charge in [0.1, 0.15) is 22.3 Å². The van der Waals surface area contributed by atoms with Gasteiger partial charge >= 0.3 is 0 Å². The van der Waals surface area contributed by atoms with Crippen LogP contribution in [0.3, 0.4) is 0 Å². The van der Waals surface area contributed by atoms with Crippen molar-refractivity contribution < 1.29 is 8.83 Å². The van der Waals surface area contributed by atoms with Crippen molar-refractivity contribution in [3.05, 3.63) is 283 Å². The Bertz CT molecular complexity index is 4050. The molecule has 328 valence electrons. The summed E-state index contributed by atoms with van der Waals surface area (Å²) >= 11 is 0. The van der Waals surface area contributed by atoms with Crippen molar-refractivity contribution >= 4 is 60.9 Å². The van der Waals surface area contributed by atoms with E-state index in [1.54, 1.807) is 0 Å². The number of nitrogens with zero attached hydrogens (tertiary/aromatic N) is 1. The third kappa shape index (κ3) is 6.22. The van der Waals surface area contributed by atoms with Crippen LogP contribution in [0.1, 0.15) is 22.3 Å². The molecule has 2 aromatic heterocycles. The van der Waals surface area contributed by atoms with Crippen LogP contribution < -0.4 is 4.90 Å². The predicted molar refractivity (Wildman–Crippen MR) is 289 cm³/mol. The second-order valence-electron chi connectivity index (χ2n) is 18.4. The molecule has 0 N–H and O–H groups in total. The van der Waals surface area contributed by atoms with E-state index in [9.17, 15) is 0 Å². The van der Waals surface area contributed by atoms with Crippen molar-refractivity contribution in [2.45, 2.75) is 5.41 Å². The number of rotatable bonds is 8. The quantitative estimate of drug-likeness (QED) is 0.152. The highest BCUT2D eigenvalue weighted by molar-refractivity contribution is 6.12. The van der Waals surface area contributed by atoms with Crippen LogP contribution in [0.15, 0.2) is 270 Å². The molecular formula is C67H43NO2. The summed E-state index contributed by atoms with van der Waals surface area (Å²) < 4.78 is 12.4. The zero-order valence-electron chi connectivity index (χ0n) is 38.1. The fourth-order valence-electron chi connectivity index (χ4n) is 11.4. The summed E-state index contributed by atoms with van der Waals surface area (Å²) in [7, 11) is 0. The number of furan rings is 2. The number of anilines is 3. The molecule has 0 aliphatic heterocycles. The molecule has 0 saturated heterocycles. The highest BCUT2D eigenvalue weighted by atomic mass is 16.3. The van der Waals surface area contributed by atoms with Crippen molar-refractivity contribution in [2.75, 3.05) is 4.90 Å². The number of hydrogen-bond acceptors (Lipinski definition) is 3. The molecule has 11 aromatic carbocycles. The van der Waals surface area contributed by atoms with E-state index in [0.717, 1.165) is 83.2 Å². The van der Waals surface area contributed by atoms with Gasteiger partial charge in [0.2, 0.25) is 0 Å². The Labute approximate surface area is 405 Å². The lowest BCUT2D eigenvalue weighted by atomic mass is 9.68. The Morgan fingerprint density at radius 1 is 0.271 bits per heavy atom. The molecule has 13 aromatic rings. The smallest absolute Gasteiger partial charge is 0.136 e. The van der Waals surface area contributed by atoms with Crippen molar-refractivity contribution in [3.8, 4) is 44.5 Å². The second-order valence-corrected chi connectivity index (χ2v) is 18.4. The monoisotopic (exact) mass is 893 g/mol. The molecule has 70 heavy (non-hydrogen) atoms. The molecule has 0 radical (unpaired) electrons. The molecule has 1 aliphatic rings. The topological polar surface area (TPSA) is 29.5 Å². The Hall–Kier alpha value is -9.18. The van der Waals surface area contributed by atoms with Gasteiger partial charge in [-0.15, -0.1) is 0 Å². The van der Waals surface area contributed by atoms with Gasteiger partial charge in [0.15, 0.2) is 0 Å². The van der Waals surface area contributed by atoms with Crippen molar-refractivity contribution in [2.24, 2.45) is 0 Å². The molecule has 3 heteroatoms. The van der Waals surface area contributed by atoms with Crippen LogP contribution in [-0.4, -0.2) is 0 Å². The Kier molecular flexibility index (Phi) is 9.11. The van der Waals surface area contributed by atoms with Crippen molar-refractivity contribution in [3.63, 3.8) is 0 Å². The van der Waals surface area contributed by atoms with Crippen LogP contribution in [0.5, 0.6) is 0 Å². The normalized spacial score (nSPS) is 12.7.